The smallest absolute Gasteiger partial charge is 0.269 e. The fourth-order valence-electron chi connectivity index (χ4n) is 4.67. The molecular formula is C30H28ClN5O2. The lowest BCUT2D eigenvalue weighted by Crippen LogP contribution is -2.15. The molecule has 0 atom stereocenters. The van der Waals surface area contributed by atoms with Crippen molar-refractivity contribution in [3.05, 3.63) is 106 Å². The van der Waals surface area contributed by atoms with Crippen LogP contribution in [0.5, 0.6) is 0 Å². The van der Waals surface area contributed by atoms with E-state index in [-0.39, 0.29) is 11.6 Å². The van der Waals surface area contributed by atoms with Gasteiger partial charge in [-0.2, -0.15) is 5.10 Å². The molecule has 1 heterocycles. The maximum atomic E-state index is 12.9. The maximum Gasteiger partial charge on any atom is 0.269 e. The number of hydrogen-bond acceptors (Lipinski definition) is 4. The van der Waals surface area contributed by atoms with Gasteiger partial charge in [0.1, 0.15) is 0 Å². The van der Waals surface area contributed by atoms with Crippen molar-refractivity contribution in [2.75, 3.05) is 26.0 Å². The van der Waals surface area contributed by atoms with E-state index in [0.29, 0.717) is 22.7 Å². The molecule has 1 aliphatic rings. The number of nitrogens with two attached hydrogens (primary N) is 1. The second-order valence-corrected chi connectivity index (χ2v) is 9.92. The predicted molar refractivity (Wildman–Crippen MR) is 152 cm³/mol. The van der Waals surface area contributed by atoms with Crippen LogP contribution in [-0.4, -0.2) is 47.1 Å². The first-order valence-electron chi connectivity index (χ1n) is 12.3. The third-order valence-corrected chi connectivity index (χ3v) is 6.85. The Labute approximate surface area is 226 Å². The zero-order valence-corrected chi connectivity index (χ0v) is 22.0. The Morgan fingerprint density at radius 3 is 2.55 bits per heavy atom. The highest BCUT2D eigenvalue weighted by Crippen LogP contribution is 2.38. The lowest BCUT2D eigenvalue weighted by atomic mass is 9.88. The molecule has 4 aromatic rings. The number of nitrogens with one attached hydrogen (secondary N) is 1. The van der Waals surface area contributed by atoms with Crippen molar-refractivity contribution in [2.45, 2.75) is 12.8 Å². The van der Waals surface area contributed by atoms with Crippen LogP contribution in [0.2, 0.25) is 5.02 Å². The van der Waals surface area contributed by atoms with Crippen LogP contribution in [0.1, 0.15) is 37.5 Å². The first-order valence-corrected chi connectivity index (χ1v) is 12.7. The molecule has 0 saturated heterocycles. The lowest BCUT2D eigenvalue weighted by molar-refractivity contribution is 0.0992. The van der Waals surface area contributed by atoms with Gasteiger partial charge in [-0.3, -0.25) is 9.59 Å². The fraction of sp³-hybridized carbons (Fsp3) is 0.167. The molecule has 0 bridgehead atoms. The minimum absolute atomic E-state index is 0.270. The summed E-state index contributed by atoms with van der Waals surface area (Å²) in [5.74, 6) is -0.856. The largest absolute Gasteiger partial charge is 0.364 e. The summed E-state index contributed by atoms with van der Waals surface area (Å²) in [4.78, 5) is 27.3. The van der Waals surface area contributed by atoms with E-state index in [2.05, 4.69) is 27.5 Å². The first-order chi connectivity index (χ1) is 18.3. The molecule has 0 unspecified atom stereocenters. The van der Waals surface area contributed by atoms with Crippen LogP contribution in [0, 0.1) is 0 Å². The van der Waals surface area contributed by atoms with Crippen LogP contribution in [-0.2, 0) is 12.8 Å². The third-order valence-electron chi connectivity index (χ3n) is 6.52. The van der Waals surface area contributed by atoms with E-state index in [1.807, 2.05) is 56.6 Å². The number of hydrogen-bond donors (Lipinski definition) is 2. The minimum atomic E-state index is -0.560. The first kappa shape index (κ1) is 25.4. The third kappa shape index (κ3) is 5.11. The standard InChI is InChI=1S/C30H28ClN5O2/c1-35(2)17-5-6-19-9-14-22(15-10-19)36-28-24(27(34-36)29(32)37)16-12-20-11-13-21(18-25(20)28)33-30(38)23-7-3-4-8-26(23)31/h3-11,13-15,18H,12,16-17H2,1-2H3,(H2,32,37)(H,33,38)/b6-5+. The van der Waals surface area contributed by atoms with Gasteiger partial charge in [0.25, 0.3) is 11.8 Å². The van der Waals surface area contributed by atoms with Crippen molar-refractivity contribution in [3.63, 3.8) is 0 Å². The van der Waals surface area contributed by atoms with Gasteiger partial charge in [0.2, 0.25) is 0 Å². The van der Waals surface area contributed by atoms with Crippen LogP contribution < -0.4 is 11.1 Å². The molecule has 38 heavy (non-hydrogen) atoms. The van der Waals surface area contributed by atoms with Crippen LogP contribution in [0.4, 0.5) is 5.69 Å². The molecule has 1 aromatic heterocycles. The van der Waals surface area contributed by atoms with Gasteiger partial charge in [-0.15, -0.1) is 0 Å². The molecular weight excluding hydrogens is 498 g/mol. The summed E-state index contributed by atoms with van der Waals surface area (Å²) in [7, 11) is 4.05. The summed E-state index contributed by atoms with van der Waals surface area (Å²) < 4.78 is 1.78. The highest BCUT2D eigenvalue weighted by Gasteiger charge is 2.28. The molecule has 0 fully saturated rings. The van der Waals surface area contributed by atoms with E-state index in [9.17, 15) is 9.59 Å². The van der Waals surface area contributed by atoms with Crippen molar-refractivity contribution in [3.8, 4) is 16.9 Å². The summed E-state index contributed by atoms with van der Waals surface area (Å²) in [5, 5.41) is 7.97. The Bertz CT molecular complexity index is 1550. The molecule has 7 nitrogen and oxygen atoms in total. The maximum absolute atomic E-state index is 12.9. The van der Waals surface area contributed by atoms with Gasteiger partial charge in [-0.25, -0.2) is 4.68 Å². The Morgan fingerprint density at radius 1 is 1.08 bits per heavy atom. The van der Waals surface area contributed by atoms with Crippen molar-refractivity contribution in [1.29, 1.82) is 0 Å². The van der Waals surface area contributed by atoms with Crippen molar-refractivity contribution >= 4 is 35.2 Å². The van der Waals surface area contributed by atoms with Gasteiger partial charge in [0, 0.05) is 23.4 Å². The number of primary amides is 1. The lowest BCUT2D eigenvalue weighted by Gasteiger charge is -2.20. The molecule has 0 saturated carbocycles. The number of rotatable bonds is 7. The zero-order valence-electron chi connectivity index (χ0n) is 21.2. The minimum Gasteiger partial charge on any atom is -0.364 e. The second-order valence-electron chi connectivity index (χ2n) is 9.51. The Kier molecular flexibility index (Phi) is 7.13. The number of anilines is 1. The van der Waals surface area contributed by atoms with Gasteiger partial charge in [-0.1, -0.05) is 54.1 Å². The van der Waals surface area contributed by atoms with Crippen LogP contribution >= 0.6 is 11.6 Å². The summed E-state index contributed by atoms with van der Waals surface area (Å²) in [6, 6.07) is 20.7. The average Bonchev–Trinajstić information content (AvgIpc) is 3.30. The number of aryl methyl sites for hydroxylation is 1. The molecule has 1 aliphatic carbocycles. The number of nitrogens with zero attached hydrogens (tertiary/aromatic N) is 3. The normalized spacial score (nSPS) is 12.4. The van der Waals surface area contributed by atoms with E-state index >= 15 is 0 Å². The molecule has 5 rings (SSSR count). The molecule has 2 amide bonds. The van der Waals surface area contributed by atoms with Gasteiger partial charge in [-0.05, 0) is 74.5 Å². The highest BCUT2D eigenvalue weighted by molar-refractivity contribution is 6.34. The van der Waals surface area contributed by atoms with Crippen LogP contribution in [0.25, 0.3) is 23.0 Å². The topological polar surface area (TPSA) is 93.2 Å². The van der Waals surface area contributed by atoms with Crippen LogP contribution in [0.15, 0.2) is 72.8 Å². The van der Waals surface area contributed by atoms with E-state index < -0.39 is 5.91 Å². The van der Waals surface area contributed by atoms with Gasteiger partial charge >= 0.3 is 0 Å². The van der Waals surface area contributed by atoms with E-state index in [4.69, 9.17) is 17.3 Å². The van der Waals surface area contributed by atoms with Crippen molar-refractivity contribution in [1.82, 2.24) is 14.7 Å². The summed E-state index contributed by atoms with van der Waals surface area (Å²) in [5.41, 5.74) is 12.5. The van der Waals surface area contributed by atoms with Gasteiger partial charge in [0.15, 0.2) is 5.69 Å². The number of aromatic nitrogens is 2. The number of likely N-dealkylation sites (N-methyl/N-ethyl adjacent to an activating group) is 1. The number of benzene rings is 3. The molecule has 0 radical (unpaired) electrons. The second kappa shape index (κ2) is 10.7. The predicted octanol–water partition coefficient (Wildman–Crippen LogP) is 5.22. The van der Waals surface area contributed by atoms with Crippen molar-refractivity contribution in [2.24, 2.45) is 5.73 Å². The number of amides is 2. The molecule has 0 spiro atoms. The Balaban J connectivity index is 1.53. The monoisotopic (exact) mass is 525 g/mol. The summed E-state index contributed by atoms with van der Waals surface area (Å²) in [6.07, 6.45) is 5.56. The molecule has 3 aromatic carbocycles. The van der Waals surface area contributed by atoms with Gasteiger partial charge in [0.05, 0.1) is 22.0 Å². The van der Waals surface area contributed by atoms with Gasteiger partial charge < -0.3 is 16.0 Å². The molecule has 0 aliphatic heterocycles. The zero-order chi connectivity index (χ0) is 26.8. The quantitative estimate of drug-likeness (QED) is 0.346. The highest BCUT2D eigenvalue weighted by atomic mass is 35.5. The summed E-state index contributed by atoms with van der Waals surface area (Å²) in [6.45, 7) is 0.850. The SMILES string of the molecule is CN(C)C/C=C/c1ccc(-n2nc(C(N)=O)c3c2-c2cc(NC(=O)c4ccccc4Cl)ccc2CC3)cc1. The fourth-order valence-corrected chi connectivity index (χ4v) is 4.89. The number of halogens is 1. The molecule has 8 heteroatoms. The number of carbonyl (C=O) groups is 2. The molecule has 192 valence electrons. The summed E-state index contributed by atoms with van der Waals surface area (Å²) >= 11 is 6.22. The number of fused-ring (bicyclic) bond motifs is 3. The van der Waals surface area contributed by atoms with Crippen molar-refractivity contribution < 1.29 is 9.59 Å². The average molecular weight is 526 g/mol. The Hall–Kier alpha value is -4.20. The van der Waals surface area contributed by atoms with Crippen LogP contribution in [0.3, 0.4) is 0 Å². The molecule has 3 N–H and O–H groups in total. The van der Waals surface area contributed by atoms with E-state index in [1.54, 1.807) is 28.9 Å². The van der Waals surface area contributed by atoms with E-state index in [0.717, 1.165) is 46.6 Å². The van der Waals surface area contributed by atoms with E-state index in [1.165, 1.54) is 0 Å². The Morgan fingerprint density at radius 2 is 1.84 bits per heavy atom. The number of carbonyl (C=O) groups excluding carboxylic acids is 2.